The van der Waals surface area contributed by atoms with Crippen molar-refractivity contribution in [1.82, 2.24) is 4.90 Å². The average molecular weight is 272 g/mol. The monoisotopic (exact) mass is 272 g/mol. The minimum absolute atomic E-state index is 0.00414. The first-order valence-electron chi connectivity index (χ1n) is 6.61. The third kappa shape index (κ3) is 3.25. The molecule has 6 nitrogen and oxygen atoms in total. The van der Waals surface area contributed by atoms with Gasteiger partial charge in [-0.2, -0.15) is 0 Å². The summed E-state index contributed by atoms with van der Waals surface area (Å²) in [5, 5.41) is 9.43. The Bertz CT molecular complexity index is 342. The minimum Gasteiger partial charge on any atom is -0.481 e. The normalized spacial score (nSPS) is 24.8. The molecule has 2 unspecified atom stereocenters. The van der Waals surface area contributed by atoms with Gasteiger partial charge in [-0.15, -0.1) is 0 Å². The molecule has 0 aromatic heterocycles. The quantitative estimate of drug-likeness (QED) is 0.726. The molecule has 0 aromatic carbocycles. The van der Waals surface area contributed by atoms with E-state index >= 15 is 0 Å². The number of ether oxygens (including phenoxy) is 1. The lowest BCUT2D eigenvalue weighted by atomic mass is 9.76. The van der Waals surface area contributed by atoms with Gasteiger partial charge in [-0.3, -0.25) is 9.59 Å². The fourth-order valence-electron chi connectivity index (χ4n) is 2.53. The van der Waals surface area contributed by atoms with Crippen LogP contribution in [0.25, 0.3) is 0 Å². The summed E-state index contributed by atoms with van der Waals surface area (Å²) in [6, 6.07) is 0. The van der Waals surface area contributed by atoms with E-state index in [4.69, 9.17) is 10.5 Å². The molecule has 0 spiro atoms. The van der Waals surface area contributed by atoms with Crippen LogP contribution < -0.4 is 5.73 Å². The number of nitrogens with two attached hydrogens (primary N) is 1. The van der Waals surface area contributed by atoms with Crippen molar-refractivity contribution < 1.29 is 19.4 Å². The van der Waals surface area contributed by atoms with Crippen LogP contribution in [0, 0.1) is 11.3 Å². The number of nitrogens with zero attached hydrogens (tertiary/aromatic N) is 1. The number of hydrogen-bond acceptors (Lipinski definition) is 4. The number of carbonyl (C=O) groups excluding carboxylic acids is 1. The maximum Gasteiger partial charge on any atom is 0.311 e. The second kappa shape index (κ2) is 6.34. The molecule has 2 atom stereocenters. The van der Waals surface area contributed by atoms with Crippen LogP contribution >= 0.6 is 0 Å². The molecule has 19 heavy (non-hydrogen) atoms. The molecule has 0 radical (unpaired) electrons. The Morgan fingerprint density at radius 2 is 2.11 bits per heavy atom. The lowest BCUT2D eigenvalue weighted by molar-refractivity contribution is -0.151. The maximum atomic E-state index is 12.1. The van der Waals surface area contributed by atoms with Gasteiger partial charge in [0.15, 0.2) is 0 Å². The van der Waals surface area contributed by atoms with Crippen LogP contribution in [-0.2, 0) is 14.3 Å². The van der Waals surface area contributed by atoms with Gasteiger partial charge in [0.1, 0.15) is 0 Å². The van der Waals surface area contributed by atoms with Gasteiger partial charge >= 0.3 is 5.97 Å². The molecule has 1 amide bonds. The van der Waals surface area contributed by atoms with Crippen LogP contribution in [0.5, 0.6) is 0 Å². The van der Waals surface area contributed by atoms with Gasteiger partial charge in [-0.25, -0.2) is 0 Å². The van der Waals surface area contributed by atoms with E-state index in [-0.39, 0.29) is 37.4 Å². The number of likely N-dealkylation sites (tertiary alicyclic amines) is 1. The van der Waals surface area contributed by atoms with Gasteiger partial charge in [-0.05, 0) is 12.3 Å². The van der Waals surface area contributed by atoms with Crippen LogP contribution in [0.1, 0.15) is 26.7 Å². The maximum absolute atomic E-state index is 12.1. The predicted molar refractivity (Wildman–Crippen MR) is 70.6 cm³/mol. The highest BCUT2D eigenvalue weighted by atomic mass is 16.5. The average Bonchev–Trinajstić information content (AvgIpc) is 2.82. The Balaban J connectivity index is 2.69. The molecule has 1 saturated heterocycles. The zero-order chi connectivity index (χ0) is 14.6. The van der Waals surface area contributed by atoms with Crippen molar-refractivity contribution in [2.45, 2.75) is 32.8 Å². The van der Waals surface area contributed by atoms with Crippen molar-refractivity contribution in [2.75, 3.05) is 26.7 Å². The number of rotatable bonds is 6. The molecule has 0 aliphatic carbocycles. The van der Waals surface area contributed by atoms with Crippen LogP contribution in [0.2, 0.25) is 0 Å². The van der Waals surface area contributed by atoms with Crippen molar-refractivity contribution in [3.05, 3.63) is 0 Å². The SMILES string of the molecule is COC(CN)CC(=O)N1CCC(C(=O)O)(C(C)C)C1. The summed E-state index contributed by atoms with van der Waals surface area (Å²) in [6.45, 7) is 4.83. The molecule has 0 saturated carbocycles. The smallest absolute Gasteiger partial charge is 0.311 e. The summed E-state index contributed by atoms with van der Waals surface area (Å²) in [7, 11) is 1.52. The van der Waals surface area contributed by atoms with E-state index in [1.54, 1.807) is 4.90 Å². The largest absolute Gasteiger partial charge is 0.481 e. The summed E-state index contributed by atoms with van der Waals surface area (Å²) >= 11 is 0. The van der Waals surface area contributed by atoms with Gasteiger partial charge in [0.25, 0.3) is 0 Å². The lowest BCUT2D eigenvalue weighted by Gasteiger charge is -2.29. The third-order valence-corrected chi connectivity index (χ3v) is 4.18. The van der Waals surface area contributed by atoms with E-state index < -0.39 is 11.4 Å². The summed E-state index contributed by atoms with van der Waals surface area (Å²) < 4.78 is 5.09. The summed E-state index contributed by atoms with van der Waals surface area (Å²) in [5.74, 6) is -0.906. The van der Waals surface area contributed by atoms with Crippen molar-refractivity contribution in [3.63, 3.8) is 0 Å². The Labute approximate surface area is 113 Å². The van der Waals surface area contributed by atoms with E-state index in [2.05, 4.69) is 0 Å². The van der Waals surface area contributed by atoms with Crippen LogP contribution in [0.3, 0.4) is 0 Å². The van der Waals surface area contributed by atoms with Crippen LogP contribution in [-0.4, -0.2) is 54.7 Å². The van der Waals surface area contributed by atoms with Gasteiger partial charge < -0.3 is 20.5 Å². The summed E-state index contributed by atoms with van der Waals surface area (Å²) in [5.41, 5.74) is 4.67. The number of hydrogen-bond donors (Lipinski definition) is 2. The first-order valence-corrected chi connectivity index (χ1v) is 6.61. The zero-order valence-electron chi connectivity index (χ0n) is 11.9. The topological polar surface area (TPSA) is 92.9 Å². The number of amides is 1. The van der Waals surface area contributed by atoms with Crippen molar-refractivity contribution in [2.24, 2.45) is 17.1 Å². The van der Waals surface area contributed by atoms with Crippen molar-refractivity contribution in [3.8, 4) is 0 Å². The third-order valence-electron chi connectivity index (χ3n) is 4.18. The Morgan fingerprint density at radius 3 is 2.47 bits per heavy atom. The van der Waals surface area contributed by atoms with Gasteiger partial charge in [-0.1, -0.05) is 13.8 Å². The van der Waals surface area contributed by atoms with E-state index in [0.717, 1.165) is 0 Å². The molecule has 6 heteroatoms. The fourth-order valence-corrected chi connectivity index (χ4v) is 2.53. The molecular weight excluding hydrogens is 248 g/mol. The minimum atomic E-state index is -0.820. The Hall–Kier alpha value is -1.14. The Kier molecular flexibility index (Phi) is 5.31. The highest BCUT2D eigenvalue weighted by Crippen LogP contribution is 2.38. The van der Waals surface area contributed by atoms with Crippen LogP contribution in [0.4, 0.5) is 0 Å². The van der Waals surface area contributed by atoms with Crippen molar-refractivity contribution in [1.29, 1.82) is 0 Å². The number of carboxylic acid groups (broad SMARTS) is 1. The van der Waals surface area contributed by atoms with E-state index in [1.807, 2.05) is 13.8 Å². The fraction of sp³-hybridized carbons (Fsp3) is 0.846. The highest BCUT2D eigenvalue weighted by Gasteiger charge is 2.48. The van der Waals surface area contributed by atoms with Crippen molar-refractivity contribution >= 4 is 11.9 Å². The predicted octanol–water partition coefficient (Wildman–Crippen LogP) is 0.310. The molecule has 3 N–H and O–H groups in total. The molecular formula is C13H24N2O4. The molecule has 1 rings (SSSR count). The molecule has 1 heterocycles. The first-order chi connectivity index (χ1) is 8.87. The number of carbonyl (C=O) groups is 2. The second-order valence-corrected chi connectivity index (χ2v) is 5.48. The van der Waals surface area contributed by atoms with Gasteiger partial charge in [0.05, 0.1) is 17.9 Å². The molecule has 0 aromatic rings. The molecule has 0 bridgehead atoms. The van der Waals surface area contributed by atoms with E-state index in [0.29, 0.717) is 13.0 Å². The van der Waals surface area contributed by atoms with Crippen LogP contribution in [0.15, 0.2) is 0 Å². The molecule has 1 fully saturated rings. The summed E-state index contributed by atoms with van der Waals surface area (Å²) in [4.78, 5) is 25.2. The number of aliphatic carboxylic acids is 1. The number of carboxylic acids is 1. The standard InChI is InChI=1S/C13H24N2O4/c1-9(2)13(12(17)18)4-5-15(8-13)11(16)6-10(7-14)19-3/h9-10H,4-8,14H2,1-3H3,(H,17,18). The second-order valence-electron chi connectivity index (χ2n) is 5.48. The van der Waals surface area contributed by atoms with E-state index in [1.165, 1.54) is 7.11 Å². The summed E-state index contributed by atoms with van der Waals surface area (Å²) in [6.07, 6.45) is 0.415. The van der Waals surface area contributed by atoms with Gasteiger partial charge in [0, 0.05) is 26.7 Å². The number of methoxy groups -OCH3 is 1. The van der Waals surface area contributed by atoms with E-state index in [9.17, 15) is 14.7 Å². The molecule has 110 valence electrons. The zero-order valence-corrected chi connectivity index (χ0v) is 11.9. The lowest BCUT2D eigenvalue weighted by Crippen LogP contribution is -2.41. The first kappa shape index (κ1) is 15.9. The molecule has 1 aliphatic rings. The highest BCUT2D eigenvalue weighted by molar-refractivity contribution is 5.81. The van der Waals surface area contributed by atoms with Gasteiger partial charge in [0.2, 0.25) is 5.91 Å². The Morgan fingerprint density at radius 1 is 1.47 bits per heavy atom. The molecule has 1 aliphatic heterocycles.